The van der Waals surface area contributed by atoms with Crippen LogP contribution in [0.3, 0.4) is 0 Å². The molecule has 11 unspecified atom stereocenters. The van der Waals surface area contributed by atoms with Gasteiger partial charge in [0.25, 0.3) is 0 Å². The summed E-state index contributed by atoms with van der Waals surface area (Å²) in [7, 11) is 1.58. The summed E-state index contributed by atoms with van der Waals surface area (Å²) < 4.78 is 23.9. The van der Waals surface area contributed by atoms with Crippen molar-refractivity contribution in [2.75, 3.05) is 13.9 Å². The van der Waals surface area contributed by atoms with Crippen LogP contribution in [0.4, 0.5) is 0 Å². The minimum absolute atomic E-state index is 0.0428. The first-order valence-electron chi connectivity index (χ1n) is 10.6. The van der Waals surface area contributed by atoms with Crippen molar-refractivity contribution in [2.45, 2.75) is 65.1 Å². The Hall–Kier alpha value is -0.950. The van der Waals surface area contributed by atoms with Crippen LogP contribution < -0.4 is 0 Å². The van der Waals surface area contributed by atoms with Gasteiger partial charge in [-0.05, 0) is 36.2 Å². The van der Waals surface area contributed by atoms with Crippen molar-refractivity contribution in [3.05, 3.63) is 11.8 Å². The van der Waals surface area contributed by atoms with Crippen LogP contribution in [0.1, 0.15) is 40.5 Å². The largest absolute Gasteiger partial charge is 0.493 e. The number of ketones is 1. The van der Waals surface area contributed by atoms with E-state index in [-0.39, 0.29) is 65.9 Å². The number of methoxy groups -OCH3 is 1. The van der Waals surface area contributed by atoms with Gasteiger partial charge in [-0.25, -0.2) is 0 Å². The van der Waals surface area contributed by atoms with Crippen LogP contribution in [0.15, 0.2) is 11.8 Å². The van der Waals surface area contributed by atoms with E-state index in [4.69, 9.17) is 18.9 Å². The molecule has 1 N–H and O–H groups in total. The van der Waals surface area contributed by atoms with Gasteiger partial charge in [0.2, 0.25) is 5.78 Å². The molecule has 2 aliphatic heterocycles. The molecule has 156 valence electrons. The molecule has 0 aromatic carbocycles. The van der Waals surface area contributed by atoms with E-state index < -0.39 is 11.7 Å². The van der Waals surface area contributed by atoms with E-state index in [1.54, 1.807) is 7.11 Å². The zero-order valence-corrected chi connectivity index (χ0v) is 17.4. The highest BCUT2D eigenvalue weighted by molar-refractivity contribution is 5.99. The summed E-state index contributed by atoms with van der Waals surface area (Å²) >= 11 is 0. The monoisotopic (exact) mass is 392 g/mol. The van der Waals surface area contributed by atoms with E-state index in [0.29, 0.717) is 12.2 Å². The standard InChI is InChI=1S/C22H32O6/c1-10-6-14(25-5)20(24)22(4)12(10)7-15-21(3)13(8-16(23)28-15)11(2)17-18(19(21)22)27-9-26-17/h6,10-13,15-19,23H,7-9H2,1-5H3. The lowest BCUT2D eigenvalue weighted by molar-refractivity contribution is -0.314. The summed E-state index contributed by atoms with van der Waals surface area (Å²) in [5.74, 6) is 1.26. The number of Topliss-reactive ketones (excluding diaryl/α,β-unsaturated/α-hetero) is 1. The van der Waals surface area contributed by atoms with Crippen molar-refractivity contribution in [3.63, 3.8) is 0 Å². The Morgan fingerprint density at radius 1 is 1.14 bits per heavy atom. The van der Waals surface area contributed by atoms with Gasteiger partial charge < -0.3 is 24.1 Å². The lowest BCUT2D eigenvalue weighted by Crippen LogP contribution is -2.73. The predicted molar refractivity (Wildman–Crippen MR) is 99.8 cm³/mol. The van der Waals surface area contributed by atoms with Crippen LogP contribution >= 0.6 is 0 Å². The van der Waals surface area contributed by atoms with E-state index in [1.807, 2.05) is 6.08 Å². The molecule has 11 atom stereocenters. The highest BCUT2D eigenvalue weighted by Gasteiger charge is 2.73. The molecular formula is C22H32O6. The topological polar surface area (TPSA) is 74.2 Å². The molecule has 2 saturated heterocycles. The minimum Gasteiger partial charge on any atom is -0.493 e. The summed E-state index contributed by atoms with van der Waals surface area (Å²) in [6.45, 7) is 9.00. The number of aliphatic hydroxyl groups excluding tert-OH is 1. The lowest BCUT2D eigenvalue weighted by Gasteiger charge is -2.69. The van der Waals surface area contributed by atoms with Crippen molar-refractivity contribution in [3.8, 4) is 0 Å². The Labute approximate surface area is 166 Å². The fraction of sp³-hybridized carbons (Fsp3) is 0.864. The number of fused-ring (bicyclic) bond motifs is 4. The van der Waals surface area contributed by atoms with Gasteiger partial charge in [-0.3, -0.25) is 4.79 Å². The molecule has 0 bridgehead atoms. The number of carbonyl (C=O) groups is 1. The average Bonchev–Trinajstić information content (AvgIpc) is 3.12. The number of rotatable bonds is 1. The molecule has 3 aliphatic carbocycles. The van der Waals surface area contributed by atoms with Gasteiger partial charge in [0.15, 0.2) is 12.0 Å². The Balaban J connectivity index is 1.71. The first-order chi connectivity index (χ1) is 13.2. The first-order valence-corrected chi connectivity index (χ1v) is 10.6. The van der Waals surface area contributed by atoms with Gasteiger partial charge in [-0.2, -0.15) is 0 Å². The Morgan fingerprint density at radius 2 is 1.86 bits per heavy atom. The average molecular weight is 392 g/mol. The van der Waals surface area contributed by atoms with Gasteiger partial charge >= 0.3 is 0 Å². The number of aliphatic hydroxyl groups is 1. The smallest absolute Gasteiger partial charge is 0.203 e. The highest BCUT2D eigenvalue weighted by Crippen LogP contribution is 2.69. The lowest BCUT2D eigenvalue weighted by atomic mass is 9.38. The Kier molecular flexibility index (Phi) is 4.10. The SMILES string of the molecule is COC1=CC(C)C2CC3OC(O)CC4C(C)C5OCOC5C(C2(C)C1=O)C34C. The predicted octanol–water partition coefficient (Wildman–Crippen LogP) is 2.50. The number of hydrogen-bond acceptors (Lipinski definition) is 6. The summed E-state index contributed by atoms with van der Waals surface area (Å²) in [4.78, 5) is 13.7. The summed E-state index contributed by atoms with van der Waals surface area (Å²) in [5.41, 5.74) is -0.865. The van der Waals surface area contributed by atoms with Crippen molar-refractivity contribution in [1.29, 1.82) is 0 Å². The van der Waals surface area contributed by atoms with Gasteiger partial charge in [0, 0.05) is 23.2 Å². The second kappa shape index (κ2) is 6.03. The molecule has 5 rings (SSSR count). The van der Waals surface area contributed by atoms with Crippen LogP contribution in [0, 0.1) is 40.4 Å². The first kappa shape index (κ1) is 19.0. The van der Waals surface area contributed by atoms with Crippen molar-refractivity contribution in [1.82, 2.24) is 0 Å². The van der Waals surface area contributed by atoms with E-state index in [1.165, 1.54) is 0 Å². The molecular weight excluding hydrogens is 360 g/mol. The van der Waals surface area contributed by atoms with Crippen molar-refractivity contribution < 1.29 is 28.8 Å². The van der Waals surface area contributed by atoms with Crippen LogP contribution in [0.2, 0.25) is 0 Å². The summed E-state index contributed by atoms with van der Waals surface area (Å²) in [5, 5.41) is 10.5. The Bertz CT molecular complexity index is 720. The molecule has 0 amide bonds. The second-order valence-corrected chi connectivity index (χ2v) is 10.1. The maximum atomic E-state index is 13.7. The van der Waals surface area contributed by atoms with Crippen LogP contribution in [0.5, 0.6) is 0 Å². The second-order valence-electron chi connectivity index (χ2n) is 10.1. The molecule has 4 fully saturated rings. The highest BCUT2D eigenvalue weighted by atomic mass is 16.7. The molecule has 6 heteroatoms. The number of carbonyl (C=O) groups excluding carboxylic acids is 1. The molecule has 2 heterocycles. The van der Waals surface area contributed by atoms with E-state index in [0.717, 1.165) is 6.42 Å². The third-order valence-corrected chi connectivity index (χ3v) is 9.13. The number of ether oxygens (including phenoxy) is 4. The van der Waals surface area contributed by atoms with Crippen LogP contribution in [-0.4, -0.2) is 49.4 Å². The molecule has 28 heavy (non-hydrogen) atoms. The Morgan fingerprint density at radius 3 is 2.57 bits per heavy atom. The van der Waals surface area contributed by atoms with Crippen molar-refractivity contribution >= 4 is 5.78 Å². The van der Waals surface area contributed by atoms with Gasteiger partial charge in [0.1, 0.15) is 6.79 Å². The zero-order valence-electron chi connectivity index (χ0n) is 17.4. The molecule has 0 radical (unpaired) electrons. The third kappa shape index (κ3) is 2.10. The fourth-order valence-corrected chi connectivity index (χ4v) is 7.95. The zero-order chi connectivity index (χ0) is 20.0. The van der Waals surface area contributed by atoms with E-state index in [9.17, 15) is 9.90 Å². The van der Waals surface area contributed by atoms with Gasteiger partial charge in [0.05, 0.1) is 25.4 Å². The molecule has 0 spiro atoms. The molecule has 5 aliphatic rings. The van der Waals surface area contributed by atoms with E-state index >= 15 is 0 Å². The maximum Gasteiger partial charge on any atom is 0.203 e. The normalized spacial score (nSPS) is 57.7. The molecule has 0 aromatic rings. The number of allylic oxidation sites excluding steroid dienone is 2. The molecule has 2 saturated carbocycles. The summed E-state index contributed by atoms with van der Waals surface area (Å²) in [6.07, 6.45) is 2.27. The fourth-order valence-electron chi connectivity index (χ4n) is 7.95. The van der Waals surface area contributed by atoms with Crippen LogP contribution in [-0.2, 0) is 23.7 Å². The quantitative estimate of drug-likeness (QED) is 0.739. The number of hydrogen-bond donors (Lipinski definition) is 1. The van der Waals surface area contributed by atoms with E-state index in [2.05, 4.69) is 27.7 Å². The van der Waals surface area contributed by atoms with Crippen LogP contribution in [0.25, 0.3) is 0 Å². The maximum absolute atomic E-state index is 13.7. The summed E-state index contributed by atoms with van der Waals surface area (Å²) in [6, 6.07) is 0. The minimum atomic E-state index is -0.755. The molecule has 6 nitrogen and oxygen atoms in total. The van der Waals surface area contributed by atoms with Gasteiger partial charge in [-0.1, -0.05) is 27.7 Å². The molecule has 0 aromatic heterocycles. The third-order valence-electron chi connectivity index (χ3n) is 9.13. The van der Waals surface area contributed by atoms with Gasteiger partial charge in [-0.15, -0.1) is 0 Å². The van der Waals surface area contributed by atoms with Crippen molar-refractivity contribution in [2.24, 2.45) is 40.4 Å².